The number of nitrogens with zero attached hydrogens (tertiary/aromatic N) is 6. The topological polar surface area (TPSA) is 77.3 Å². The van der Waals surface area contributed by atoms with Crippen LogP contribution < -0.4 is 10.6 Å². The van der Waals surface area contributed by atoms with E-state index in [1.54, 1.807) is 34.0 Å². The predicted octanol–water partition coefficient (Wildman–Crippen LogP) is 3.12. The lowest BCUT2D eigenvalue weighted by atomic mass is 10.0. The minimum Gasteiger partial charge on any atom is -0.396 e. The van der Waals surface area contributed by atoms with Crippen LogP contribution in [0, 0.1) is 11.6 Å². The SMILES string of the molecule is Nc1cnn(-c2cnn3ccc(N4CCC[C@@H]4c4cc(F)ccc4F)nc23)c1. The second-order valence-corrected chi connectivity index (χ2v) is 6.82. The second-order valence-electron chi connectivity index (χ2n) is 6.82. The molecule has 2 N–H and O–H groups in total. The normalized spacial score (nSPS) is 16.9. The molecule has 0 amide bonds. The summed E-state index contributed by atoms with van der Waals surface area (Å²) in [5.74, 6) is -0.169. The van der Waals surface area contributed by atoms with E-state index in [-0.39, 0.29) is 6.04 Å². The molecule has 1 aliphatic heterocycles. The lowest BCUT2D eigenvalue weighted by Crippen LogP contribution is -2.24. The van der Waals surface area contributed by atoms with Crippen LogP contribution in [0.1, 0.15) is 24.4 Å². The van der Waals surface area contributed by atoms with Gasteiger partial charge in [0.25, 0.3) is 0 Å². The number of nitrogens with two attached hydrogens (primary N) is 1. The maximum Gasteiger partial charge on any atom is 0.183 e. The first-order chi connectivity index (χ1) is 13.6. The maximum absolute atomic E-state index is 14.4. The Morgan fingerprint density at radius 1 is 1.11 bits per heavy atom. The molecule has 1 aromatic carbocycles. The fraction of sp³-hybridized carbons (Fsp3) is 0.211. The van der Waals surface area contributed by atoms with Crippen LogP contribution in [0.15, 0.2) is 49.1 Å². The molecule has 1 aliphatic rings. The standard InChI is InChI=1S/C19H17F2N7/c20-12-3-4-15(21)14(8-12)16-2-1-6-26(16)18-5-7-27-19(25-18)17(10-24-27)28-11-13(22)9-23-28/h3-5,7-11,16H,1-2,6,22H2/t16-/m1/s1. The van der Waals surface area contributed by atoms with E-state index in [9.17, 15) is 8.78 Å². The van der Waals surface area contributed by atoms with Crippen molar-refractivity contribution in [2.24, 2.45) is 0 Å². The number of aromatic nitrogens is 5. The monoisotopic (exact) mass is 381 g/mol. The highest BCUT2D eigenvalue weighted by Crippen LogP contribution is 2.37. The summed E-state index contributed by atoms with van der Waals surface area (Å²) in [5.41, 5.74) is 7.94. The minimum atomic E-state index is -0.444. The number of fused-ring (bicyclic) bond motifs is 1. The van der Waals surface area contributed by atoms with Crippen LogP contribution in [-0.4, -0.2) is 30.9 Å². The summed E-state index contributed by atoms with van der Waals surface area (Å²) in [6.45, 7) is 0.710. The quantitative estimate of drug-likeness (QED) is 0.590. The molecule has 142 valence electrons. The number of benzene rings is 1. The smallest absolute Gasteiger partial charge is 0.183 e. The highest BCUT2D eigenvalue weighted by atomic mass is 19.1. The molecular weight excluding hydrogens is 364 g/mol. The fourth-order valence-electron chi connectivity index (χ4n) is 3.77. The van der Waals surface area contributed by atoms with Gasteiger partial charge in [-0.25, -0.2) is 23.0 Å². The molecule has 1 atom stereocenters. The van der Waals surface area contributed by atoms with E-state index < -0.39 is 11.6 Å². The molecule has 1 saturated heterocycles. The van der Waals surface area contributed by atoms with E-state index >= 15 is 0 Å². The summed E-state index contributed by atoms with van der Waals surface area (Å²) in [6.07, 6.45) is 8.30. The molecule has 3 aromatic heterocycles. The summed E-state index contributed by atoms with van der Waals surface area (Å²) in [6, 6.07) is 5.15. The Hall–Kier alpha value is -3.49. The zero-order valence-electron chi connectivity index (χ0n) is 14.8. The average molecular weight is 381 g/mol. The molecule has 5 rings (SSSR count). The Morgan fingerprint density at radius 2 is 2.00 bits per heavy atom. The molecule has 0 radical (unpaired) electrons. The Bertz CT molecular complexity index is 1170. The lowest BCUT2D eigenvalue weighted by Gasteiger charge is -2.26. The van der Waals surface area contributed by atoms with Gasteiger partial charge in [0, 0.05) is 18.3 Å². The van der Waals surface area contributed by atoms with Crippen molar-refractivity contribution in [3.05, 3.63) is 66.3 Å². The Kier molecular flexibility index (Phi) is 3.75. The van der Waals surface area contributed by atoms with E-state index in [1.807, 2.05) is 11.0 Å². The average Bonchev–Trinajstić information content (AvgIpc) is 3.42. The third-order valence-corrected chi connectivity index (χ3v) is 5.05. The fourth-order valence-corrected chi connectivity index (χ4v) is 3.77. The zero-order chi connectivity index (χ0) is 19.3. The van der Waals surface area contributed by atoms with Crippen molar-refractivity contribution < 1.29 is 8.78 Å². The van der Waals surface area contributed by atoms with Gasteiger partial charge in [-0.05, 0) is 37.1 Å². The molecule has 0 unspecified atom stereocenters. The van der Waals surface area contributed by atoms with Gasteiger partial charge >= 0.3 is 0 Å². The number of anilines is 2. The van der Waals surface area contributed by atoms with Crippen LogP contribution in [0.5, 0.6) is 0 Å². The van der Waals surface area contributed by atoms with E-state index in [2.05, 4.69) is 10.2 Å². The molecule has 0 spiro atoms. The molecule has 0 bridgehead atoms. The van der Waals surface area contributed by atoms with Crippen LogP contribution in [0.4, 0.5) is 20.3 Å². The summed E-state index contributed by atoms with van der Waals surface area (Å²) >= 11 is 0. The zero-order valence-corrected chi connectivity index (χ0v) is 14.8. The molecule has 9 heteroatoms. The van der Waals surface area contributed by atoms with Crippen molar-refractivity contribution >= 4 is 17.2 Å². The van der Waals surface area contributed by atoms with Crippen molar-refractivity contribution in [1.82, 2.24) is 24.4 Å². The first-order valence-electron chi connectivity index (χ1n) is 8.96. The summed E-state index contributed by atoms with van der Waals surface area (Å²) in [4.78, 5) is 6.75. The lowest BCUT2D eigenvalue weighted by molar-refractivity contribution is 0.560. The number of halogens is 2. The van der Waals surface area contributed by atoms with Crippen molar-refractivity contribution in [3.8, 4) is 5.69 Å². The molecule has 4 heterocycles. The molecule has 0 saturated carbocycles. The molecule has 1 fully saturated rings. The van der Waals surface area contributed by atoms with Gasteiger partial charge < -0.3 is 10.6 Å². The molecule has 0 aliphatic carbocycles. The van der Waals surface area contributed by atoms with Crippen LogP contribution in [0.2, 0.25) is 0 Å². The first kappa shape index (κ1) is 16.7. The van der Waals surface area contributed by atoms with Crippen LogP contribution in [0.25, 0.3) is 11.3 Å². The Morgan fingerprint density at radius 3 is 2.82 bits per heavy atom. The van der Waals surface area contributed by atoms with E-state index in [0.717, 1.165) is 18.9 Å². The van der Waals surface area contributed by atoms with Gasteiger partial charge in [-0.3, -0.25) is 0 Å². The maximum atomic E-state index is 14.4. The van der Waals surface area contributed by atoms with Crippen molar-refractivity contribution in [3.63, 3.8) is 0 Å². The largest absolute Gasteiger partial charge is 0.396 e. The van der Waals surface area contributed by atoms with Crippen molar-refractivity contribution in [1.29, 1.82) is 0 Å². The van der Waals surface area contributed by atoms with Gasteiger partial charge in [0.05, 0.1) is 30.3 Å². The molecule has 7 nitrogen and oxygen atoms in total. The molecule has 28 heavy (non-hydrogen) atoms. The summed E-state index contributed by atoms with van der Waals surface area (Å²) in [7, 11) is 0. The van der Waals surface area contributed by atoms with E-state index in [0.29, 0.717) is 34.9 Å². The second kappa shape index (κ2) is 6.29. The van der Waals surface area contributed by atoms with Crippen molar-refractivity contribution in [2.75, 3.05) is 17.2 Å². The number of hydrogen-bond acceptors (Lipinski definition) is 5. The third-order valence-electron chi connectivity index (χ3n) is 5.05. The Balaban J connectivity index is 1.57. The van der Waals surface area contributed by atoms with Gasteiger partial charge in [0.15, 0.2) is 5.65 Å². The van der Waals surface area contributed by atoms with Crippen LogP contribution in [-0.2, 0) is 0 Å². The highest BCUT2D eigenvalue weighted by Gasteiger charge is 2.30. The summed E-state index contributed by atoms with van der Waals surface area (Å²) in [5, 5.41) is 8.51. The number of hydrogen-bond donors (Lipinski definition) is 1. The van der Waals surface area contributed by atoms with E-state index in [1.165, 1.54) is 12.1 Å². The highest BCUT2D eigenvalue weighted by molar-refractivity contribution is 5.62. The van der Waals surface area contributed by atoms with Gasteiger partial charge in [-0.1, -0.05) is 0 Å². The summed E-state index contributed by atoms with van der Waals surface area (Å²) < 4.78 is 31.3. The number of nitrogen functional groups attached to an aromatic ring is 1. The van der Waals surface area contributed by atoms with Gasteiger partial charge in [0.1, 0.15) is 23.1 Å². The number of rotatable bonds is 3. The van der Waals surface area contributed by atoms with Crippen LogP contribution >= 0.6 is 0 Å². The van der Waals surface area contributed by atoms with Gasteiger partial charge in [-0.15, -0.1) is 0 Å². The Labute approximate surface area is 159 Å². The third kappa shape index (κ3) is 2.67. The molecule has 4 aromatic rings. The van der Waals surface area contributed by atoms with Gasteiger partial charge in [0.2, 0.25) is 0 Å². The first-order valence-corrected chi connectivity index (χ1v) is 8.96. The van der Waals surface area contributed by atoms with Crippen molar-refractivity contribution in [2.45, 2.75) is 18.9 Å². The predicted molar refractivity (Wildman–Crippen MR) is 100 cm³/mol. The van der Waals surface area contributed by atoms with Crippen LogP contribution in [0.3, 0.4) is 0 Å². The molecular formula is C19H17F2N7. The van der Waals surface area contributed by atoms with E-state index in [4.69, 9.17) is 10.7 Å². The minimum absolute atomic E-state index is 0.266. The van der Waals surface area contributed by atoms with Gasteiger partial charge in [-0.2, -0.15) is 10.2 Å².